The summed E-state index contributed by atoms with van der Waals surface area (Å²) in [4.78, 5) is 39.6. The van der Waals surface area contributed by atoms with Crippen molar-refractivity contribution >= 4 is 46.5 Å². The predicted molar refractivity (Wildman–Crippen MR) is 163 cm³/mol. The summed E-state index contributed by atoms with van der Waals surface area (Å²) in [6.07, 6.45) is 0. The molecule has 5 rings (SSSR count). The van der Waals surface area contributed by atoms with Gasteiger partial charge in [-0.15, -0.1) is 0 Å². The minimum absolute atomic E-state index is 0.0101. The fraction of sp³-hybridized carbons (Fsp3) is 0.355. The van der Waals surface area contributed by atoms with Crippen LogP contribution in [0.1, 0.15) is 46.8 Å². The number of ether oxygens (including phenoxy) is 1. The number of nitrogens with zero attached hydrogens (tertiary/aromatic N) is 2. The van der Waals surface area contributed by atoms with Gasteiger partial charge in [-0.05, 0) is 35.7 Å². The molecule has 0 aromatic heterocycles. The summed E-state index contributed by atoms with van der Waals surface area (Å²) < 4.78 is 20.7. The molecule has 3 aromatic rings. The first kappa shape index (κ1) is 31.8. The molecule has 232 valence electrons. The van der Waals surface area contributed by atoms with Crippen LogP contribution in [-0.4, -0.2) is 59.2 Å². The third-order valence-electron chi connectivity index (χ3n) is 8.36. The van der Waals surface area contributed by atoms with E-state index in [1.165, 1.54) is 25.3 Å². The number of carbonyl (C=O) groups excluding carboxylic acids is 2. The number of nitro groups is 1. The van der Waals surface area contributed by atoms with Crippen molar-refractivity contribution in [3.8, 4) is 0 Å². The lowest BCUT2D eigenvalue weighted by atomic mass is 9.73. The van der Waals surface area contributed by atoms with Gasteiger partial charge in [-0.3, -0.25) is 19.8 Å². The summed E-state index contributed by atoms with van der Waals surface area (Å²) in [5.41, 5.74) is -0.394. The summed E-state index contributed by atoms with van der Waals surface area (Å²) in [5, 5.41) is 29.4. The fourth-order valence-electron chi connectivity index (χ4n) is 6.68. The number of nitrogens with one attached hydrogen (secondary N) is 2. The van der Waals surface area contributed by atoms with Gasteiger partial charge >= 0.3 is 5.97 Å². The maximum atomic E-state index is 16.0. The Hall–Kier alpha value is -3.61. The van der Waals surface area contributed by atoms with Gasteiger partial charge in [0.2, 0.25) is 5.91 Å². The lowest BCUT2D eigenvalue weighted by molar-refractivity contribution is -0.385. The molecule has 2 heterocycles. The molecule has 3 aromatic carbocycles. The highest BCUT2D eigenvalue weighted by molar-refractivity contribution is 6.31. The molecule has 1 unspecified atom stereocenters. The lowest BCUT2D eigenvalue weighted by Crippen LogP contribution is -2.54. The number of esters is 1. The van der Waals surface area contributed by atoms with Crippen LogP contribution in [0.5, 0.6) is 0 Å². The Morgan fingerprint density at radius 1 is 1.23 bits per heavy atom. The molecule has 2 aliphatic heterocycles. The Kier molecular flexibility index (Phi) is 8.97. The summed E-state index contributed by atoms with van der Waals surface area (Å²) in [6.45, 7) is 3.79. The number of aliphatic hydroxyl groups excluding tert-OH is 1. The third-order valence-corrected chi connectivity index (χ3v) is 8.89. The zero-order valence-corrected chi connectivity index (χ0v) is 25.7. The zero-order valence-electron chi connectivity index (χ0n) is 24.1. The number of aliphatic hydroxyl groups is 1. The highest BCUT2D eigenvalue weighted by Gasteiger charge is 2.67. The van der Waals surface area contributed by atoms with E-state index >= 15 is 4.39 Å². The van der Waals surface area contributed by atoms with Crippen molar-refractivity contribution in [1.29, 1.82) is 0 Å². The molecular formula is C31H31Cl2FN4O6. The van der Waals surface area contributed by atoms with Crippen molar-refractivity contribution in [3.63, 3.8) is 0 Å². The van der Waals surface area contributed by atoms with E-state index in [1.807, 2.05) is 18.7 Å². The van der Waals surface area contributed by atoms with Gasteiger partial charge in [0.05, 0.1) is 35.3 Å². The highest BCUT2D eigenvalue weighted by atomic mass is 35.5. The normalized spacial score (nSPS) is 22.8. The Balaban J connectivity index is 1.70. The first-order chi connectivity index (χ1) is 20.9. The number of hydrogen-bond acceptors (Lipinski definition) is 8. The van der Waals surface area contributed by atoms with Gasteiger partial charge in [-0.25, -0.2) is 9.18 Å². The Bertz CT molecular complexity index is 1640. The van der Waals surface area contributed by atoms with Crippen molar-refractivity contribution in [1.82, 2.24) is 10.2 Å². The number of fused-ring (bicyclic) bond motifs is 2. The number of benzene rings is 3. The highest BCUT2D eigenvalue weighted by Crippen LogP contribution is 2.58. The van der Waals surface area contributed by atoms with E-state index < -0.39 is 52.8 Å². The molecule has 13 heteroatoms. The predicted octanol–water partition coefficient (Wildman–Crippen LogP) is 5.25. The second-order valence-electron chi connectivity index (χ2n) is 11.3. The minimum Gasteiger partial charge on any atom is -0.465 e. The van der Waals surface area contributed by atoms with E-state index in [-0.39, 0.29) is 39.9 Å². The number of nitro benzene ring substituents is 1. The van der Waals surface area contributed by atoms with Crippen LogP contribution in [0, 0.1) is 21.8 Å². The van der Waals surface area contributed by atoms with Crippen molar-refractivity contribution in [2.45, 2.75) is 43.9 Å². The summed E-state index contributed by atoms with van der Waals surface area (Å²) in [7, 11) is 1.18. The van der Waals surface area contributed by atoms with E-state index in [0.717, 1.165) is 6.07 Å². The molecular weight excluding hydrogens is 614 g/mol. The first-order valence-corrected chi connectivity index (χ1v) is 14.7. The van der Waals surface area contributed by atoms with Gasteiger partial charge in [0.1, 0.15) is 11.4 Å². The molecule has 1 saturated heterocycles. The lowest BCUT2D eigenvalue weighted by Gasteiger charge is -2.40. The number of likely N-dealkylation sites (tertiary alicyclic amines) is 1. The van der Waals surface area contributed by atoms with Gasteiger partial charge < -0.3 is 20.5 Å². The third kappa shape index (κ3) is 5.22. The second-order valence-corrected chi connectivity index (χ2v) is 12.2. The summed E-state index contributed by atoms with van der Waals surface area (Å²) in [5.74, 6) is -2.78. The van der Waals surface area contributed by atoms with Crippen molar-refractivity contribution in [2.24, 2.45) is 5.92 Å². The number of hydrogen-bond donors (Lipinski definition) is 3. The SMILES string of the molecule is COC(=O)c1ccc(CN[C@@H]2C(CO)N(CC(C)C)[C@@]3(C(=O)Nc4cc(Cl)ccc43)[C@H]2c2cccc(Cl)c2F)c([N+](=O)[O-])c1. The zero-order chi connectivity index (χ0) is 31.9. The van der Waals surface area contributed by atoms with E-state index in [9.17, 15) is 24.8 Å². The quantitative estimate of drug-likeness (QED) is 0.163. The molecule has 2 aliphatic rings. The standard InChI is InChI=1S/C31H31Cl2FN4O6/c1-16(2)14-37-25(15-39)28(35-13-18-8-7-17(29(40)44-3)11-24(18)38(42)43)26(20-5-4-6-22(33)27(20)34)31(37)21-10-9-19(32)12-23(21)36-30(31)41/h4-12,16,25-26,28,35,39H,13-15H2,1-3H3,(H,36,41)/t25?,26-,28+,31+/m0/s1. The Morgan fingerprint density at radius 2 is 1.98 bits per heavy atom. The number of amides is 1. The molecule has 10 nitrogen and oxygen atoms in total. The van der Waals surface area contributed by atoms with Crippen molar-refractivity contribution in [3.05, 3.63) is 103 Å². The minimum atomic E-state index is -1.50. The van der Waals surface area contributed by atoms with E-state index in [1.54, 1.807) is 30.3 Å². The topological polar surface area (TPSA) is 134 Å². The molecule has 0 bridgehead atoms. The monoisotopic (exact) mass is 644 g/mol. The smallest absolute Gasteiger partial charge is 0.338 e. The molecule has 0 saturated carbocycles. The molecule has 1 spiro atoms. The number of halogens is 3. The Labute approximate surface area is 263 Å². The van der Waals surface area contributed by atoms with Gasteiger partial charge in [-0.1, -0.05) is 61.3 Å². The van der Waals surface area contributed by atoms with Crippen LogP contribution in [0.3, 0.4) is 0 Å². The molecule has 1 fully saturated rings. The molecule has 1 amide bonds. The summed E-state index contributed by atoms with van der Waals surface area (Å²) >= 11 is 12.6. The second kappa shape index (κ2) is 12.4. The molecule has 44 heavy (non-hydrogen) atoms. The number of anilines is 1. The number of methoxy groups -OCH3 is 1. The van der Waals surface area contributed by atoms with Crippen LogP contribution in [-0.2, 0) is 21.6 Å². The average Bonchev–Trinajstić information content (AvgIpc) is 3.42. The molecule has 0 radical (unpaired) electrons. The van der Waals surface area contributed by atoms with Crippen LogP contribution < -0.4 is 10.6 Å². The van der Waals surface area contributed by atoms with Crippen LogP contribution in [0.4, 0.5) is 15.8 Å². The van der Waals surface area contributed by atoms with Gasteiger partial charge in [0, 0.05) is 53.0 Å². The van der Waals surface area contributed by atoms with Crippen LogP contribution in [0.2, 0.25) is 10.0 Å². The van der Waals surface area contributed by atoms with Crippen LogP contribution in [0.15, 0.2) is 54.6 Å². The largest absolute Gasteiger partial charge is 0.465 e. The van der Waals surface area contributed by atoms with Crippen LogP contribution in [0.25, 0.3) is 0 Å². The maximum Gasteiger partial charge on any atom is 0.338 e. The first-order valence-electron chi connectivity index (χ1n) is 14.0. The Morgan fingerprint density at radius 3 is 2.64 bits per heavy atom. The molecule has 3 N–H and O–H groups in total. The van der Waals surface area contributed by atoms with Gasteiger partial charge in [0.15, 0.2) is 0 Å². The van der Waals surface area contributed by atoms with Crippen molar-refractivity contribution in [2.75, 3.05) is 25.6 Å². The summed E-state index contributed by atoms with van der Waals surface area (Å²) in [6, 6.07) is 12.0. The van der Waals surface area contributed by atoms with Gasteiger partial charge in [-0.2, -0.15) is 0 Å². The number of rotatable bonds is 9. The maximum absolute atomic E-state index is 16.0. The number of carbonyl (C=O) groups is 2. The molecule has 4 atom stereocenters. The van der Waals surface area contributed by atoms with Crippen LogP contribution >= 0.6 is 23.2 Å². The van der Waals surface area contributed by atoms with E-state index in [2.05, 4.69) is 10.6 Å². The van der Waals surface area contributed by atoms with E-state index in [4.69, 9.17) is 27.9 Å². The van der Waals surface area contributed by atoms with E-state index in [0.29, 0.717) is 22.8 Å². The van der Waals surface area contributed by atoms with Gasteiger partial charge in [0.25, 0.3) is 5.69 Å². The molecule has 0 aliphatic carbocycles. The average molecular weight is 646 g/mol. The fourth-order valence-corrected chi connectivity index (χ4v) is 7.03. The van der Waals surface area contributed by atoms with Crippen molar-refractivity contribution < 1.29 is 28.7 Å².